The monoisotopic (exact) mass is 337 g/mol. The third kappa shape index (κ3) is 3.93. The molecule has 22 heavy (non-hydrogen) atoms. The van der Waals surface area contributed by atoms with Crippen molar-refractivity contribution in [2.45, 2.75) is 26.9 Å². The lowest BCUT2D eigenvalue weighted by molar-refractivity contribution is -0.122. The zero-order valence-corrected chi connectivity index (χ0v) is 14.1. The number of nitrogens with one attached hydrogen (secondary N) is 1. The predicted octanol–water partition coefficient (Wildman–Crippen LogP) is 5.02. The number of hydrogen-bond donors (Lipinski definition) is 1. The molecule has 0 fully saturated rings. The van der Waals surface area contributed by atoms with E-state index in [-0.39, 0.29) is 5.91 Å². The smallest absolute Gasteiger partial charge is 0.265 e. The van der Waals surface area contributed by atoms with Crippen molar-refractivity contribution >= 4 is 34.8 Å². The van der Waals surface area contributed by atoms with Gasteiger partial charge in [-0.1, -0.05) is 40.9 Å². The molecule has 1 N–H and O–H groups in total. The van der Waals surface area contributed by atoms with Gasteiger partial charge < -0.3 is 10.1 Å². The molecule has 0 aliphatic heterocycles. The summed E-state index contributed by atoms with van der Waals surface area (Å²) < 4.78 is 5.64. The van der Waals surface area contributed by atoms with Gasteiger partial charge in [0, 0.05) is 10.7 Å². The van der Waals surface area contributed by atoms with Crippen LogP contribution < -0.4 is 10.1 Å². The summed E-state index contributed by atoms with van der Waals surface area (Å²) in [6.07, 6.45) is -0.681. The third-order valence-corrected chi connectivity index (χ3v) is 4.16. The summed E-state index contributed by atoms with van der Waals surface area (Å²) in [7, 11) is 0. The van der Waals surface area contributed by atoms with E-state index >= 15 is 0 Å². The first-order chi connectivity index (χ1) is 10.4. The van der Waals surface area contributed by atoms with Crippen molar-refractivity contribution in [3.63, 3.8) is 0 Å². The Labute approximate surface area is 140 Å². The Kier molecular flexibility index (Phi) is 5.33. The van der Waals surface area contributed by atoms with E-state index in [0.717, 1.165) is 16.8 Å². The number of anilines is 1. The number of ether oxygens (including phenoxy) is 1. The van der Waals surface area contributed by atoms with Crippen LogP contribution in [-0.4, -0.2) is 12.0 Å². The van der Waals surface area contributed by atoms with E-state index in [0.29, 0.717) is 15.8 Å². The summed E-state index contributed by atoms with van der Waals surface area (Å²) in [5.41, 5.74) is 2.59. The fraction of sp³-hybridized carbons (Fsp3) is 0.235. The summed E-state index contributed by atoms with van der Waals surface area (Å²) in [5.74, 6) is 0.197. The molecule has 0 aliphatic rings. The van der Waals surface area contributed by atoms with E-state index in [1.54, 1.807) is 26.0 Å². The molecule has 116 valence electrons. The molecule has 2 aromatic rings. The van der Waals surface area contributed by atoms with E-state index in [1.807, 2.05) is 31.2 Å². The summed E-state index contributed by atoms with van der Waals surface area (Å²) >= 11 is 12.2. The lowest BCUT2D eigenvalue weighted by Gasteiger charge is -2.17. The minimum Gasteiger partial charge on any atom is -0.479 e. The predicted molar refractivity (Wildman–Crippen MR) is 91.1 cm³/mol. The first-order valence-electron chi connectivity index (χ1n) is 6.87. The van der Waals surface area contributed by atoms with E-state index in [9.17, 15) is 4.79 Å². The highest BCUT2D eigenvalue weighted by molar-refractivity contribution is 6.36. The molecule has 1 unspecified atom stereocenters. The SMILES string of the molecule is Cc1ccc(NC(=O)C(C)Oc2ccc(Cl)c(C)c2Cl)cc1. The molecular weight excluding hydrogens is 321 g/mol. The Balaban J connectivity index is 2.05. The van der Waals surface area contributed by atoms with Gasteiger partial charge in [0.25, 0.3) is 5.91 Å². The van der Waals surface area contributed by atoms with Gasteiger partial charge in [-0.15, -0.1) is 0 Å². The average Bonchev–Trinajstić information content (AvgIpc) is 2.50. The van der Waals surface area contributed by atoms with Gasteiger partial charge in [0.15, 0.2) is 6.10 Å². The van der Waals surface area contributed by atoms with Crippen molar-refractivity contribution in [1.82, 2.24) is 0 Å². The lowest BCUT2D eigenvalue weighted by atomic mass is 10.2. The highest BCUT2D eigenvalue weighted by Gasteiger charge is 2.17. The topological polar surface area (TPSA) is 38.3 Å². The second-order valence-electron chi connectivity index (χ2n) is 5.10. The molecule has 3 nitrogen and oxygen atoms in total. The van der Waals surface area contributed by atoms with Crippen LogP contribution in [0.2, 0.25) is 10.0 Å². The quantitative estimate of drug-likeness (QED) is 0.850. The van der Waals surface area contributed by atoms with Crippen LogP contribution in [0.3, 0.4) is 0 Å². The molecule has 2 aromatic carbocycles. The van der Waals surface area contributed by atoms with Crippen molar-refractivity contribution < 1.29 is 9.53 Å². The lowest BCUT2D eigenvalue weighted by Crippen LogP contribution is -2.30. The molecule has 0 aromatic heterocycles. The van der Waals surface area contributed by atoms with Gasteiger partial charge in [-0.05, 0) is 50.6 Å². The molecule has 0 bridgehead atoms. The molecule has 1 atom stereocenters. The van der Waals surface area contributed by atoms with Crippen molar-refractivity contribution in [1.29, 1.82) is 0 Å². The number of aryl methyl sites for hydroxylation is 1. The average molecular weight is 338 g/mol. The van der Waals surface area contributed by atoms with Gasteiger partial charge >= 0.3 is 0 Å². The van der Waals surface area contributed by atoms with Gasteiger partial charge in [-0.25, -0.2) is 0 Å². The number of amides is 1. The Morgan fingerprint density at radius 1 is 1.09 bits per heavy atom. The van der Waals surface area contributed by atoms with Crippen molar-refractivity contribution in [3.05, 3.63) is 57.6 Å². The normalized spacial score (nSPS) is 11.9. The van der Waals surface area contributed by atoms with Gasteiger partial charge in [0.05, 0.1) is 5.02 Å². The van der Waals surface area contributed by atoms with Gasteiger partial charge in [-0.2, -0.15) is 0 Å². The zero-order valence-electron chi connectivity index (χ0n) is 12.6. The number of hydrogen-bond acceptors (Lipinski definition) is 2. The van der Waals surface area contributed by atoms with Crippen LogP contribution in [0.25, 0.3) is 0 Å². The second-order valence-corrected chi connectivity index (χ2v) is 5.89. The van der Waals surface area contributed by atoms with Crippen LogP contribution in [0.5, 0.6) is 5.75 Å². The first kappa shape index (κ1) is 16.7. The second kappa shape index (κ2) is 7.03. The van der Waals surface area contributed by atoms with Crippen molar-refractivity contribution in [3.8, 4) is 5.75 Å². The fourth-order valence-corrected chi connectivity index (χ4v) is 2.27. The maximum Gasteiger partial charge on any atom is 0.265 e. The highest BCUT2D eigenvalue weighted by atomic mass is 35.5. The third-order valence-electron chi connectivity index (χ3n) is 3.28. The molecule has 1 amide bonds. The Morgan fingerprint density at radius 3 is 2.36 bits per heavy atom. The van der Waals surface area contributed by atoms with E-state index in [1.165, 1.54) is 0 Å². The minimum absolute atomic E-state index is 0.243. The maximum atomic E-state index is 12.2. The van der Waals surface area contributed by atoms with Gasteiger partial charge in [0.2, 0.25) is 0 Å². The number of halogens is 2. The van der Waals surface area contributed by atoms with Crippen LogP contribution >= 0.6 is 23.2 Å². The molecule has 0 aliphatic carbocycles. The molecule has 2 rings (SSSR count). The molecule has 0 spiro atoms. The Morgan fingerprint density at radius 2 is 1.73 bits per heavy atom. The molecular formula is C17H17Cl2NO2. The highest BCUT2D eigenvalue weighted by Crippen LogP contribution is 2.33. The standard InChI is InChI=1S/C17H17Cl2NO2/c1-10-4-6-13(7-5-10)20-17(21)12(3)22-15-9-8-14(18)11(2)16(15)19/h4-9,12H,1-3H3,(H,20,21). The van der Waals surface area contributed by atoms with Crippen LogP contribution in [0.1, 0.15) is 18.1 Å². The summed E-state index contributed by atoms with van der Waals surface area (Å²) in [5, 5.41) is 3.78. The van der Waals surface area contributed by atoms with Crippen LogP contribution in [-0.2, 0) is 4.79 Å². The first-order valence-corrected chi connectivity index (χ1v) is 7.63. The van der Waals surface area contributed by atoms with Crippen LogP contribution in [0.15, 0.2) is 36.4 Å². The zero-order chi connectivity index (χ0) is 16.3. The summed E-state index contributed by atoms with van der Waals surface area (Å²) in [6, 6.07) is 10.9. The van der Waals surface area contributed by atoms with E-state index < -0.39 is 6.10 Å². The number of carbonyl (C=O) groups excluding carboxylic acids is 1. The molecule has 0 heterocycles. The Bertz CT molecular complexity index is 684. The largest absolute Gasteiger partial charge is 0.479 e. The van der Waals surface area contributed by atoms with Gasteiger partial charge in [-0.3, -0.25) is 4.79 Å². The number of benzene rings is 2. The molecule has 0 saturated heterocycles. The maximum absolute atomic E-state index is 12.2. The van der Waals surface area contributed by atoms with Crippen LogP contribution in [0, 0.1) is 13.8 Å². The number of rotatable bonds is 4. The minimum atomic E-state index is -0.681. The fourth-order valence-electron chi connectivity index (χ4n) is 1.85. The van der Waals surface area contributed by atoms with Crippen molar-refractivity contribution in [2.75, 3.05) is 5.32 Å². The summed E-state index contributed by atoms with van der Waals surface area (Å²) in [4.78, 5) is 12.2. The summed E-state index contributed by atoms with van der Waals surface area (Å²) in [6.45, 7) is 5.46. The number of carbonyl (C=O) groups is 1. The molecule has 5 heteroatoms. The molecule has 0 radical (unpaired) electrons. The van der Waals surface area contributed by atoms with Crippen LogP contribution in [0.4, 0.5) is 5.69 Å². The van der Waals surface area contributed by atoms with E-state index in [2.05, 4.69) is 5.32 Å². The molecule has 0 saturated carbocycles. The van der Waals surface area contributed by atoms with E-state index in [4.69, 9.17) is 27.9 Å². The Hall–Kier alpha value is -1.71. The van der Waals surface area contributed by atoms with Crippen molar-refractivity contribution in [2.24, 2.45) is 0 Å². The van der Waals surface area contributed by atoms with Gasteiger partial charge in [0.1, 0.15) is 5.75 Å².